The molecule has 0 amide bonds. The van der Waals surface area contributed by atoms with Gasteiger partial charge in [-0.25, -0.2) is 0 Å². The van der Waals surface area contributed by atoms with Crippen LogP contribution in [0, 0.1) is 17.8 Å². The molecule has 17 nitrogen and oxygen atoms in total. The summed E-state index contributed by atoms with van der Waals surface area (Å²) < 4.78 is 28.5. The van der Waals surface area contributed by atoms with Crippen LogP contribution in [0.5, 0.6) is 0 Å². The van der Waals surface area contributed by atoms with Crippen LogP contribution in [0.4, 0.5) is 0 Å². The highest BCUT2D eigenvalue weighted by molar-refractivity contribution is 5.73. The van der Waals surface area contributed by atoms with E-state index in [0.29, 0.717) is 0 Å². The average molecular weight is 681 g/mol. The Morgan fingerprint density at radius 2 is 1.34 bits per heavy atom. The van der Waals surface area contributed by atoms with E-state index in [1.165, 1.54) is 0 Å². The van der Waals surface area contributed by atoms with Crippen molar-refractivity contribution in [2.45, 2.75) is 150 Å². The van der Waals surface area contributed by atoms with Crippen molar-refractivity contribution in [2.75, 3.05) is 6.61 Å². The van der Waals surface area contributed by atoms with E-state index in [0.717, 1.165) is 6.92 Å². The van der Waals surface area contributed by atoms with Gasteiger partial charge in [-0.05, 0) is 50.9 Å². The maximum atomic E-state index is 13.2. The van der Waals surface area contributed by atoms with Gasteiger partial charge in [-0.15, -0.1) is 0 Å². The fourth-order valence-corrected chi connectivity index (χ4v) is 7.76. The Morgan fingerprint density at radius 1 is 0.681 bits per heavy atom. The molecule has 5 aliphatic rings. The Balaban J connectivity index is 1.33. The molecule has 0 bridgehead atoms. The van der Waals surface area contributed by atoms with Gasteiger partial charge in [0.2, 0.25) is 0 Å². The normalized spacial score (nSPS) is 50.7. The topological polar surface area (TPSA) is 283 Å². The average Bonchev–Trinajstić information content (AvgIpc) is 3.00. The van der Waals surface area contributed by atoms with Crippen LogP contribution in [-0.2, 0) is 33.3 Å². The third kappa shape index (κ3) is 8.09. The SMILES string of the molecule is CC(=O)OCC1OC(OC2CC(C3OC4CC(O)CC(O)C4CC3O)CC(O)C2O)C(OC(=O)C2CC(O)C(O)C(O)C2)C(O)C1O. The maximum Gasteiger partial charge on any atom is 0.309 e. The van der Waals surface area contributed by atoms with Gasteiger partial charge in [0.1, 0.15) is 37.1 Å². The Labute approximate surface area is 270 Å². The second-order valence-electron chi connectivity index (χ2n) is 13.8. The highest BCUT2D eigenvalue weighted by atomic mass is 16.7. The molecule has 270 valence electrons. The van der Waals surface area contributed by atoms with Crippen molar-refractivity contribution in [2.24, 2.45) is 17.8 Å². The van der Waals surface area contributed by atoms with Gasteiger partial charge < -0.3 is 74.7 Å². The minimum atomic E-state index is -1.87. The third-order valence-corrected chi connectivity index (χ3v) is 10.4. The molecule has 3 saturated carbocycles. The Kier molecular flexibility index (Phi) is 11.8. The molecule has 2 heterocycles. The van der Waals surface area contributed by atoms with Gasteiger partial charge >= 0.3 is 11.9 Å². The molecule has 10 N–H and O–H groups in total. The first-order chi connectivity index (χ1) is 22.1. The third-order valence-electron chi connectivity index (χ3n) is 10.4. The summed E-state index contributed by atoms with van der Waals surface area (Å²) in [6, 6.07) is 0. The number of hydrogen-bond donors (Lipinski definition) is 10. The van der Waals surface area contributed by atoms with E-state index in [9.17, 15) is 60.7 Å². The van der Waals surface area contributed by atoms with Crippen molar-refractivity contribution >= 4 is 11.9 Å². The molecule has 5 rings (SSSR count). The van der Waals surface area contributed by atoms with E-state index < -0.39 is 134 Å². The fourth-order valence-electron chi connectivity index (χ4n) is 7.76. The number of carbonyl (C=O) groups excluding carboxylic acids is 2. The number of rotatable bonds is 7. The van der Waals surface area contributed by atoms with E-state index in [4.69, 9.17) is 23.7 Å². The smallest absolute Gasteiger partial charge is 0.309 e. The summed E-state index contributed by atoms with van der Waals surface area (Å²) in [7, 11) is 0. The van der Waals surface area contributed by atoms with Gasteiger partial charge in [0, 0.05) is 12.8 Å². The largest absolute Gasteiger partial charge is 0.463 e. The molecule has 2 aliphatic heterocycles. The van der Waals surface area contributed by atoms with Crippen molar-refractivity contribution in [1.29, 1.82) is 0 Å². The molecule has 47 heavy (non-hydrogen) atoms. The van der Waals surface area contributed by atoms with Crippen LogP contribution < -0.4 is 0 Å². The zero-order valence-corrected chi connectivity index (χ0v) is 26.0. The standard InChI is InChI=1S/C30H48O17/c1-10(31)43-9-22-25(40)26(41)28(47-29(42)12-3-16(34)23(38)17(35)4-12)30(46-22)45-21-5-11(2-18(36)24(21)39)27-19(37)8-14-15(33)6-13(32)7-20(14)44-27/h11-28,30,32-41H,2-9H2,1H3. The molecular formula is C30H48O17. The zero-order valence-electron chi connectivity index (χ0n) is 26.0. The van der Waals surface area contributed by atoms with Crippen LogP contribution in [0.2, 0.25) is 0 Å². The highest BCUT2D eigenvalue weighted by Gasteiger charge is 2.53. The molecule has 5 fully saturated rings. The lowest BCUT2D eigenvalue weighted by Crippen LogP contribution is -2.63. The second kappa shape index (κ2) is 15.1. The minimum Gasteiger partial charge on any atom is -0.463 e. The number of hydrogen-bond acceptors (Lipinski definition) is 17. The summed E-state index contributed by atoms with van der Waals surface area (Å²) in [4.78, 5) is 24.6. The predicted molar refractivity (Wildman–Crippen MR) is 152 cm³/mol. The van der Waals surface area contributed by atoms with E-state index >= 15 is 0 Å². The van der Waals surface area contributed by atoms with Crippen LogP contribution in [0.25, 0.3) is 0 Å². The summed E-state index contributed by atoms with van der Waals surface area (Å²) in [6.45, 7) is 0.598. The van der Waals surface area contributed by atoms with Gasteiger partial charge in [-0.1, -0.05) is 0 Å². The minimum absolute atomic E-state index is 0.00376. The lowest BCUT2D eigenvalue weighted by molar-refractivity contribution is -0.328. The molecule has 17 heteroatoms. The van der Waals surface area contributed by atoms with E-state index in [2.05, 4.69) is 0 Å². The molecule has 0 aromatic carbocycles. The Bertz CT molecular complexity index is 1070. The maximum absolute atomic E-state index is 13.2. The molecule has 17 unspecified atom stereocenters. The van der Waals surface area contributed by atoms with Gasteiger partial charge in [-0.2, -0.15) is 0 Å². The first-order valence-electron chi connectivity index (χ1n) is 16.2. The monoisotopic (exact) mass is 680 g/mol. The van der Waals surface area contributed by atoms with Gasteiger partial charge in [0.05, 0.1) is 60.9 Å². The van der Waals surface area contributed by atoms with Crippen molar-refractivity contribution in [3.63, 3.8) is 0 Å². The summed E-state index contributed by atoms with van der Waals surface area (Å²) in [5.74, 6) is -3.81. The van der Waals surface area contributed by atoms with E-state index in [1.54, 1.807) is 0 Å². The molecule has 0 aromatic heterocycles. The van der Waals surface area contributed by atoms with Crippen molar-refractivity contribution in [3.05, 3.63) is 0 Å². The van der Waals surface area contributed by atoms with Crippen molar-refractivity contribution < 1.29 is 84.3 Å². The molecule has 0 aromatic rings. The summed E-state index contributed by atoms with van der Waals surface area (Å²) >= 11 is 0. The van der Waals surface area contributed by atoms with Gasteiger partial charge in [-0.3, -0.25) is 9.59 Å². The molecule has 0 radical (unpaired) electrons. The van der Waals surface area contributed by atoms with Crippen LogP contribution in [-0.4, -0.2) is 167 Å². The lowest BCUT2D eigenvalue weighted by atomic mass is 9.72. The number of esters is 2. The predicted octanol–water partition coefficient (Wildman–Crippen LogP) is -4.43. The molecule has 17 atom stereocenters. The summed E-state index contributed by atoms with van der Waals surface area (Å²) in [5, 5.41) is 105. The number of ether oxygens (including phenoxy) is 5. The first-order valence-corrected chi connectivity index (χ1v) is 16.2. The van der Waals surface area contributed by atoms with Crippen LogP contribution in [0.1, 0.15) is 51.9 Å². The van der Waals surface area contributed by atoms with Crippen LogP contribution in [0.15, 0.2) is 0 Å². The lowest BCUT2D eigenvalue weighted by Gasteiger charge is -2.50. The van der Waals surface area contributed by atoms with Gasteiger partial charge in [0.15, 0.2) is 12.4 Å². The first kappa shape index (κ1) is 36.7. The zero-order chi connectivity index (χ0) is 34.3. The molecular weight excluding hydrogens is 632 g/mol. The van der Waals surface area contributed by atoms with Crippen LogP contribution >= 0.6 is 0 Å². The van der Waals surface area contributed by atoms with Crippen LogP contribution in [0.3, 0.4) is 0 Å². The Morgan fingerprint density at radius 3 is 2.00 bits per heavy atom. The van der Waals surface area contributed by atoms with Crippen molar-refractivity contribution in [3.8, 4) is 0 Å². The fraction of sp³-hybridized carbons (Fsp3) is 0.933. The molecule has 3 aliphatic carbocycles. The number of aliphatic hydroxyl groups is 10. The second-order valence-corrected chi connectivity index (χ2v) is 13.8. The number of carbonyl (C=O) groups is 2. The number of fused-ring (bicyclic) bond motifs is 1. The quantitative estimate of drug-likeness (QED) is 0.114. The van der Waals surface area contributed by atoms with E-state index in [-0.39, 0.29) is 44.9 Å². The summed E-state index contributed by atoms with van der Waals surface area (Å²) in [5.41, 5.74) is 0. The number of aliphatic hydroxyl groups excluding tert-OH is 10. The van der Waals surface area contributed by atoms with Gasteiger partial charge in [0.25, 0.3) is 0 Å². The van der Waals surface area contributed by atoms with E-state index in [1.807, 2.05) is 0 Å². The molecule has 2 saturated heterocycles. The highest BCUT2D eigenvalue weighted by Crippen LogP contribution is 2.42. The van der Waals surface area contributed by atoms with Crippen molar-refractivity contribution in [1.82, 2.24) is 0 Å². The Hall–Kier alpha value is -1.58. The molecule has 0 spiro atoms. The summed E-state index contributed by atoms with van der Waals surface area (Å²) in [6.07, 6.45) is -20.9.